The van der Waals surface area contributed by atoms with Crippen LogP contribution in [0, 0.1) is 0 Å². The predicted octanol–water partition coefficient (Wildman–Crippen LogP) is 5.50. The van der Waals surface area contributed by atoms with Crippen molar-refractivity contribution in [2.24, 2.45) is 0 Å². The smallest absolute Gasteiger partial charge is 0.146 e. The van der Waals surface area contributed by atoms with Gasteiger partial charge in [0.2, 0.25) is 0 Å². The van der Waals surface area contributed by atoms with Gasteiger partial charge in [0.1, 0.15) is 11.5 Å². The first kappa shape index (κ1) is 15.0. The third-order valence-electron chi connectivity index (χ3n) is 3.17. The number of rotatable bonds is 3. The van der Waals surface area contributed by atoms with E-state index >= 15 is 0 Å². The van der Waals surface area contributed by atoms with Crippen molar-refractivity contribution < 1.29 is 4.74 Å². The van der Waals surface area contributed by atoms with Crippen LogP contribution in [0.4, 0.5) is 0 Å². The fraction of sp³-hybridized carbons (Fsp3) is 0.353. The van der Waals surface area contributed by atoms with Gasteiger partial charge in [-0.25, -0.2) is 0 Å². The van der Waals surface area contributed by atoms with Crippen LogP contribution in [0.15, 0.2) is 41.1 Å². The molecular formula is C17H20BrNO. The molecule has 2 rings (SSSR count). The van der Waals surface area contributed by atoms with Crippen LogP contribution in [0.2, 0.25) is 0 Å². The van der Waals surface area contributed by atoms with Gasteiger partial charge in [-0.2, -0.15) is 0 Å². The summed E-state index contributed by atoms with van der Waals surface area (Å²) in [6, 6.07) is 8.34. The van der Waals surface area contributed by atoms with Crippen LogP contribution in [0.25, 0.3) is 0 Å². The van der Waals surface area contributed by atoms with Gasteiger partial charge >= 0.3 is 0 Å². The van der Waals surface area contributed by atoms with Crippen molar-refractivity contribution >= 4 is 15.9 Å². The minimum Gasteiger partial charge on any atom is -0.455 e. The molecule has 0 spiro atoms. The third-order valence-corrected chi connectivity index (χ3v) is 3.60. The second-order valence-corrected chi connectivity index (χ2v) is 6.79. The zero-order valence-electron chi connectivity index (χ0n) is 12.4. The van der Waals surface area contributed by atoms with E-state index in [0.717, 1.165) is 22.4 Å². The van der Waals surface area contributed by atoms with Gasteiger partial charge in [0.25, 0.3) is 0 Å². The van der Waals surface area contributed by atoms with Crippen LogP contribution >= 0.6 is 15.9 Å². The highest BCUT2D eigenvalue weighted by atomic mass is 79.9. The highest BCUT2D eigenvalue weighted by Crippen LogP contribution is 2.35. The van der Waals surface area contributed by atoms with E-state index in [1.54, 1.807) is 12.4 Å². The second kappa shape index (κ2) is 5.96. The van der Waals surface area contributed by atoms with Crippen molar-refractivity contribution in [1.29, 1.82) is 0 Å². The molecule has 1 aromatic carbocycles. The number of hydrogen-bond donors (Lipinski definition) is 0. The molecule has 1 heterocycles. The van der Waals surface area contributed by atoms with Gasteiger partial charge in [0, 0.05) is 16.2 Å². The SMILES string of the molecule is CCc1ccc(Oc2cncc(Br)c2)c(C(C)(C)C)c1. The summed E-state index contributed by atoms with van der Waals surface area (Å²) in [5.74, 6) is 1.64. The summed E-state index contributed by atoms with van der Waals surface area (Å²) < 4.78 is 6.94. The van der Waals surface area contributed by atoms with E-state index in [-0.39, 0.29) is 5.41 Å². The number of aromatic nitrogens is 1. The molecule has 1 aromatic heterocycles. The number of halogens is 1. The minimum atomic E-state index is 0.0416. The van der Waals surface area contributed by atoms with Gasteiger partial charge in [-0.1, -0.05) is 39.8 Å². The average Bonchev–Trinajstić information content (AvgIpc) is 2.38. The Kier molecular flexibility index (Phi) is 4.48. The zero-order chi connectivity index (χ0) is 14.8. The molecule has 0 saturated carbocycles. The standard InChI is InChI=1S/C17H20BrNO/c1-5-12-6-7-16(15(8-12)17(2,3)4)20-14-9-13(18)10-19-11-14/h6-11H,5H2,1-4H3. The van der Waals surface area contributed by atoms with Crippen molar-refractivity contribution in [3.05, 3.63) is 52.3 Å². The summed E-state index contributed by atoms with van der Waals surface area (Å²) in [5.41, 5.74) is 2.59. The molecule has 2 aromatic rings. The normalized spacial score (nSPS) is 11.4. The van der Waals surface area contributed by atoms with E-state index in [2.05, 4.69) is 66.8 Å². The zero-order valence-corrected chi connectivity index (χ0v) is 14.0. The summed E-state index contributed by atoms with van der Waals surface area (Å²) in [4.78, 5) is 4.13. The van der Waals surface area contributed by atoms with E-state index in [9.17, 15) is 0 Å². The lowest BCUT2D eigenvalue weighted by Crippen LogP contribution is -2.13. The van der Waals surface area contributed by atoms with E-state index in [0.29, 0.717) is 0 Å². The number of ether oxygens (including phenoxy) is 1. The lowest BCUT2D eigenvalue weighted by molar-refractivity contribution is 0.453. The van der Waals surface area contributed by atoms with Crippen LogP contribution in [-0.4, -0.2) is 4.98 Å². The number of nitrogens with zero attached hydrogens (tertiary/aromatic N) is 1. The van der Waals surface area contributed by atoms with Gasteiger partial charge in [-0.3, -0.25) is 4.98 Å². The van der Waals surface area contributed by atoms with Crippen molar-refractivity contribution in [1.82, 2.24) is 4.98 Å². The molecule has 0 fully saturated rings. The first-order valence-electron chi connectivity index (χ1n) is 6.82. The van der Waals surface area contributed by atoms with Gasteiger partial charge in [-0.15, -0.1) is 0 Å². The number of benzene rings is 1. The van der Waals surface area contributed by atoms with Crippen LogP contribution in [0.5, 0.6) is 11.5 Å². The van der Waals surface area contributed by atoms with E-state index in [4.69, 9.17) is 4.74 Å². The largest absolute Gasteiger partial charge is 0.455 e. The summed E-state index contributed by atoms with van der Waals surface area (Å²) in [7, 11) is 0. The lowest BCUT2D eigenvalue weighted by Gasteiger charge is -2.23. The van der Waals surface area contributed by atoms with Crippen LogP contribution in [-0.2, 0) is 11.8 Å². The summed E-state index contributed by atoms with van der Waals surface area (Å²) >= 11 is 3.41. The average molecular weight is 334 g/mol. The lowest BCUT2D eigenvalue weighted by atomic mass is 9.85. The molecule has 2 nitrogen and oxygen atoms in total. The fourth-order valence-corrected chi connectivity index (χ4v) is 2.39. The fourth-order valence-electron chi connectivity index (χ4n) is 2.05. The van der Waals surface area contributed by atoms with Crippen molar-refractivity contribution in [3.63, 3.8) is 0 Å². The highest BCUT2D eigenvalue weighted by molar-refractivity contribution is 9.10. The predicted molar refractivity (Wildman–Crippen MR) is 86.5 cm³/mol. The molecule has 106 valence electrons. The minimum absolute atomic E-state index is 0.0416. The molecular weight excluding hydrogens is 314 g/mol. The molecule has 0 aliphatic heterocycles. The Morgan fingerprint density at radius 3 is 2.50 bits per heavy atom. The maximum Gasteiger partial charge on any atom is 0.146 e. The number of hydrogen-bond acceptors (Lipinski definition) is 2. The Balaban J connectivity index is 2.41. The van der Waals surface area contributed by atoms with Gasteiger partial charge < -0.3 is 4.74 Å². The molecule has 0 aliphatic carbocycles. The molecule has 0 atom stereocenters. The maximum atomic E-state index is 6.02. The molecule has 0 saturated heterocycles. The molecule has 0 aliphatic rings. The first-order valence-corrected chi connectivity index (χ1v) is 7.61. The first-order chi connectivity index (χ1) is 9.40. The molecule has 0 bridgehead atoms. The van der Waals surface area contributed by atoms with Crippen molar-refractivity contribution in [2.75, 3.05) is 0 Å². The van der Waals surface area contributed by atoms with Crippen LogP contribution in [0.1, 0.15) is 38.8 Å². The monoisotopic (exact) mass is 333 g/mol. The molecule has 0 unspecified atom stereocenters. The molecule has 20 heavy (non-hydrogen) atoms. The molecule has 0 amide bonds. The molecule has 0 N–H and O–H groups in total. The summed E-state index contributed by atoms with van der Waals surface area (Å²) in [5, 5.41) is 0. The number of pyridine rings is 1. The topological polar surface area (TPSA) is 22.1 Å². The van der Waals surface area contributed by atoms with E-state index < -0.39 is 0 Å². The Hall–Kier alpha value is -1.35. The summed E-state index contributed by atoms with van der Waals surface area (Å²) in [6.07, 6.45) is 4.50. The van der Waals surface area contributed by atoms with Crippen molar-refractivity contribution in [2.45, 2.75) is 39.5 Å². The quantitative estimate of drug-likeness (QED) is 0.740. The Bertz CT molecular complexity index is 602. The Morgan fingerprint density at radius 1 is 1.15 bits per heavy atom. The van der Waals surface area contributed by atoms with Crippen LogP contribution in [0.3, 0.4) is 0 Å². The van der Waals surface area contributed by atoms with Crippen LogP contribution < -0.4 is 4.74 Å². The van der Waals surface area contributed by atoms with E-state index in [1.807, 2.05) is 6.07 Å². The van der Waals surface area contributed by atoms with Gasteiger partial charge in [0.05, 0.1) is 6.20 Å². The Morgan fingerprint density at radius 2 is 1.90 bits per heavy atom. The second-order valence-electron chi connectivity index (χ2n) is 5.87. The molecule has 3 heteroatoms. The maximum absolute atomic E-state index is 6.02. The molecule has 0 radical (unpaired) electrons. The van der Waals surface area contributed by atoms with E-state index in [1.165, 1.54) is 11.1 Å². The summed E-state index contributed by atoms with van der Waals surface area (Å²) in [6.45, 7) is 8.77. The number of aryl methyl sites for hydroxylation is 1. The Labute approximate surface area is 129 Å². The third kappa shape index (κ3) is 3.60. The van der Waals surface area contributed by atoms with Gasteiger partial charge in [-0.05, 0) is 45.5 Å². The highest BCUT2D eigenvalue weighted by Gasteiger charge is 2.20. The van der Waals surface area contributed by atoms with Crippen molar-refractivity contribution in [3.8, 4) is 11.5 Å². The van der Waals surface area contributed by atoms with Gasteiger partial charge in [0.15, 0.2) is 0 Å².